The number of oxime groups is 1. The van der Waals surface area contributed by atoms with Gasteiger partial charge in [-0.1, -0.05) is 19.0 Å². The molecule has 0 aromatic carbocycles. The van der Waals surface area contributed by atoms with Gasteiger partial charge in [-0.05, 0) is 44.8 Å². The second kappa shape index (κ2) is 6.21. The molecule has 0 aromatic heterocycles. The molecule has 1 atom stereocenters. The van der Waals surface area contributed by atoms with E-state index in [1.54, 1.807) is 0 Å². The molecule has 100 valence electrons. The molecular weight excluding hydrogens is 216 g/mol. The lowest BCUT2D eigenvalue weighted by Crippen LogP contribution is -2.48. The van der Waals surface area contributed by atoms with E-state index >= 15 is 0 Å². The highest BCUT2D eigenvalue weighted by molar-refractivity contribution is 5.85. The minimum atomic E-state index is -0.0171. The summed E-state index contributed by atoms with van der Waals surface area (Å²) in [7, 11) is 2.16. The van der Waals surface area contributed by atoms with Gasteiger partial charge in [0.25, 0.3) is 0 Å². The Morgan fingerprint density at radius 1 is 1.53 bits per heavy atom. The van der Waals surface area contributed by atoms with Gasteiger partial charge in [0.2, 0.25) is 0 Å². The van der Waals surface area contributed by atoms with Gasteiger partial charge in [-0.2, -0.15) is 0 Å². The van der Waals surface area contributed by atoms with E-state index in [0.717, 1.165) is 26.1 Å². The molecule has 5 nitrogen and oxygen atoms in total. The molecule has 0 aliphatic carbocycles. The molecule has 0 bridgehead atoms. The summed E-state index contributed by atoms with van der Waals surface area (Å²) in [5, 5.41) is 15.2. The SMILES string of the molecule is CCC(NCC1(C)CCN(C)CC1)C(N)=NO. The fraction of sp³-hybridized carbons (Fsp3) is 0.917. The van der Waals surface area contributed by atoms with E-state index in [0.29, 0.717) is 5.41 Å². The first-order chi connectivity index (χ1) is 8.00. The number of nitrogens with zero attached hydrogens (tertiary/aromatic N) is 2. The van der Waals surface area contributed by atoms with E-state index in [9.17, 15) is 0 Å². The fourth-order valence-electron chi connectivity index (χ4n) is 2.23. The fourth-order valence-corrected chi connectivity index (χ4v) is 2.23. The summed E-state index contributed by atoms with van der Waals surface area (Å²) in [6.07, 6.45) is 3.23. The van der Waals surface area contributed by atoms with Crippen LogP contribution in [0.4, 0.5) is 0 Å². The first kappa shape index (κ1) is 14.3. The Hall–Kier alpha value is -0.810. The van der Waals surface area contributed by atoms with Crippen molar-refractivity contribution < 1.29 is 5.21 Å². The number of hydrogen-bond acceptors (Lipinski definition) is 4. The van der Waals surface area contributed by atoms with Crippen LogP contribution in [0.25, 0.3) is 0 Å². The average Bonchev–Trinajstić information content (AvgIpc) is 2.34. The van der Waals surface area contributed by atoms with Gasteiger partial charge in [-0.15, -0.1) is 0 Å². The first-order valence-corrected chi connectivity index (χ1v) is 6.40. The molecule has 1 rings (SSSR count). The second-order valence-electron chi connectivity index (χ2n) is 5.48. The normalized spacial score (nSPS) is 23.6. The Morgan fingerprint density at radius 3 is 2.59 bits per heavy atom. The van der Waals surface area contributed by atoms with Crippen LogP contribution >= 0.6 is 0 Å². The van der Waals surface area contributed by atoms with Gasteiger partial charge in [-0.3, -0.25) is 0 Å². The zero-order valence-electron chi connectivity index (χ0n) is 11.2. The van der Waals surface area contributed by atoms with Crippen LogP contribution in [0.3, 0.4) is 0 Å². The van der Waals surface area contributed by atoms with Crippen LogP contribution in [-0.4, -0.2) is 48.7 Å². The standard InChI is InChI=1S/C12H26N4O/c1-4-10(11(13)15-17)14-9-12(2)5-7-16(3)8-6-12/h10,14,17H,4-9H2,1-3H3,(H2,13,15). The summed E-state index contributed by atoms with van der Waals surface area (Å²) in [6, 6.07) is -0.0171. The van der Waals surface area contributed by atoms with E-state index in [1.807, 2.05) is 6.92 Å². The number of rotatable bonds is 5. The molecule has 0 spiro atoms. The highest BCUT2D eigenvalue weighted by atomic mass is 16.4. The van der Waals surface area contributed by atoms with Crippen LogP contribution in [0.2, 0.25) is 0 Å². The molecular formula is C12H26N4O. The number of piperidine rings is 1. The monoisotopic (exact) mass is 242 g/mol. The van der Waals surface area contributed by atoms with Gasteiger partial charge in [-0.25, -0.2) is 0 Å². The van der Waals surface area contributed by atoms with E-state index in [-0.39, 0.29) is 11.9 Å². The predicted molar refractivity (Wildman–Crippen MR) is 70.3 cm³/mol. The maximum atomic E-state index is 8.69. The summed E-state index contributed by atoms with van der Waals surface area (Å²) in [6.45, 7) is 7.57. The second-order valence-corrected chi connectivity index (χ2v) is 5.48. The van der Waals surface area contributed by atoms with Crippen LogP contribution in [-0.2, 0) is 0 Å². The van der Waals surface area contributed by atoms with Crippen molar-refractivity contribution >= 4 is 5.84 Å². The highest BCUT2D eigenvalue weighted by Crippen LogP contribution is 2.29. The topological polar surface area (TPSA) is 73.9 Å². The van der Waals surface area contributed by atoms with Gasteiger partial charge >= 0.3 is 0 Å². The molecule has 17 heavy (non-hydrogen) atoms. The Kier molecular flexibility index (Phi) is 5.21. The van der Waals surface area contributed by atoms with Crippen LogP contribution in [0, 0.1) is 5.41 Å². The van der Waals surface area contributed by atoms with E-state index in [4.69, 9.17) is 10.9 Å². The largest absolute Gasteiger partial charge is 0.409 e. The van der Waals surface area contributed by atoms with Crippen molar-refractivity contribution in [1.82, 2.24) is 10.2 Å². The Labute approximate surface area is 104 Å². The van der Waals surface area contributed by atoms with Gasteiger partial charge in [0.15, 0.2) is 5.84 Å². The number of hydrogen-bond donors (Lipinski definition) is 3. The van der Waals surface area contributed by atoms with Crippen molar-refractivity contribution in [2.45, 2.75) is 39.2 Å². The molecule has 0 radical (unpaired) electrons. The highest BCUT2D eigenvalue weighted by Gasteiger charge is 2.29. The van der Waals surface area contributed by atoms with Crippen LogP contribution in [0.15, 0.2) is 5.16 Å². The molecule has 1 fully saturated rings. The third-order valence-electron chi connectivity index (χ3n) is 3.85. The van der Waals surface area contributed by atoms with Gasteiger partial charge in [0, 0.05) is 6.54 Å². The summed E-state index contributed by atoms with van der Waals surface area (Å²) >= 11 is 0. The molecule has 0 aromatic rings. The maximum Gasteiger partial charge on any atom is 0.156 e. The lowest BCUT2D eigenvalue weighted by Gasteiger charge is -2.38. The van der Waals surface area contributed by atoms with Crippen LogP contribution in [0.1, 0.15) is 33.1 Å². The predicted octanol–water partition coefficient (Wildman–Crippen LogP) is 0.833. The third-order valence-corrected chi connectivity index (χ3v) is 3.85. The van der Waals surface area contributed by atoms with E-state index < -0.39 is 0 Å². The minimum absolute atomic E-state index is 0.0171. The van der Waals surface area contributed by atoms with E-state index in [1.165, 1.54) is 12.8 Å². The van der Waals surface area contributed by atoms with Gasteiger partial charge in [0.1, 0.15) is 0 Å². The van der Waals surface area contributed by atoms with Gasteiger partial charge in [0.05, 0.1) is 6.04 Å². The molecule has 1 aliphatic rings. The first-order valence-electron chi connectivity index (χ1n) is 6.40. The summed E-state index contributed by atoms with van der Waals surface area (Å²) in [4.78, 5) is 2.36. The number of amidine groups is 1. The number of nitrogens with two attached hydrogens (primary N) is 1. The lowest BCUT2D eigenvalue weighted by atomic mass is 9.80. The lowest BCUT2D eigenvalue weighted by molar-refractivity contribution is 0.135. The Balaban J connectivity index is 2.43. The van der Waals surface area contributed by atoms with Crippen LogP contribution in [0.5, 0.6) is 0 Å². The van der Waals surface area contributed by atoms with Crippen molar-refractivity contribution in [1.29, 1.82) is 0 Å². The molecule has 1 saturated heterocycles. The molecule has 1 heterocycles. The zero-order chi connectivity index (χ0) is 12.9. The minimum Gasteiger partial charge on any atom is -0.409 e. The molecule has 1 unspecified atom stereocenters. The third kappa shape index (κ3) is 4.16. The number of likely N-dealkylation sites (tertiary alicyclic amines) is 1. The molecule has 0 amide bonds. The average molecular weight is 242 g/mol. The van der Waals surface area contributed by atoms with Crippen LogP contribution < -0.4 is 11.1 Å². The van der Waals surface area contributed by atoms with Crippen molar-refractivity contribution in [3.8, 4) is 0 Å². The van der Waals surface area contributed by atoms with E-state index in [2.05, 4.69) is 29.3 Å². The Bertz CT molecular complexity index is 259. The molecule has 5 heteroatoms. The van der Waals surface area contributed by atoms with Crippen molar-refractivity contribution in [2.24, 2.45) is 16.3 Å². The quantitative estimate of drug-likeness (QED) is 0.289. The van der Waals surface area contributed by atoms with Gasteiger partial charge < -0.3 is 21.2 Å². The molecule has 4 N–H and O–H groups in total. The summed E-state index contributed by atoms with van der Waals surface area (Å²) < 4.78 is 0. The maximum absolute atomic E-state index is 8.69. The smallest absolute Gasteiger partial charge is 0.156 e. The van der Waals surface area contributed by atoms with Crippen molar-refractivity contribution in [2.75, 3.05) is 26.7 Å². The summed E-state index contributed by atoms with van der Waals surface area (Å²) in [5.74, 6) is 0.282. The molecule has 0 saturated carbocycles. The van der Waals surface area contributed by atoms with Crippen molar-refractivity contribution in [3.05, 3.63) is 0 Å². The molecule has 1 aliphatic heterocycles. The summed E-state index contributed by atoms with van der Waals surface area (Å²) in [5.41, 5.74) is 5.97. The zero-order valence-corrected chi connectivity index (χ0v) is 11.2. The Morgan fingerprint density at radius 2 is 2.12 bits per heavy atom. The number of nitrogens with one attached hydrogen (secondary N) is 1. The van der Waals surface area contributed by atoms with Crippen molar-refractivity contribution in [3.63, 3.8) is 0 Å².